The van der Waals surface area contributed by atoms with Crippen LogP contribution in [0.15, 0.2) is 24.3 Å². The van der Waals surface area contributed by atoms with E-state index in [4.69, 9.17) is 9.47 Å². The van der Waals surface area contributed by atoms with Gasteiger partial charge in [-0.2, -0.15) is 0 Å². The predicted molar refractivity (Wildman–Crippen MR) is 70.9 cm³/mol. The first-order chi connectivity index (χ1) is 8.83. The summed E-state index contributed by atoms with van der Waals surface area (Å²) in [5, 5.41) is 3.54. The van der Waals surface area contributed by atoms with E-state index in [1.54, 1.807) is 7.11 Å². The molecule has 1 aromatic rings. The molecule has 0 aromatic heterocycles. The summed E-state index contributed by atoms with van der Waals surface area (Å²) in [7, 11) is 1.72. The number of hydrogen-bond donors (Lipinski definition) is 1. The van der Waals surface area contributed by atoms with Gasteiger partial charge in [-0.05, 0) is 18.9 Å². The van der Waals surface area contributed by atoms with Gasteiger partial charge in [0.15, 0.2) is 0 Å². The summed E-state index contributed by atoms with van der Waals surface area (Å²) >= 11 is 0. The fraction of sp³-hybridized carbons (Fsp3) is 0.600. The van der Waals surface area contributed by atoms with E-state index >= 15 is 0 Å². The molecule has 2 aliphatic rings. The minimum Gasteiger partial charge on any atom is -0.496 e. The van der Waals surface area contributed by atoms with Gasteiger partial charge < -0.3 is 14.8 Å². The summed E-state index contributed by atoms with van der Waals surface area (Å²) < 4.78 is 11.9. The molecule has 1 atom stereocenters. The van der Waals surface area contributed by atoms with Crippen LogP contribution >= 0.6 is 0 Å². The maximum atomic E-state index is 6.42. The largest absolute Gasteiger partial charge is 0.496 e. The zero-order valence-electron chi connectivity index (χ0n) is 10.9. The zero-order valence-corrected chi connectivity index (χ0v) is 10.9. The van der Waals surface area contributed by atoms with Crippen molar-refractivity contribution in [1.29, 1.82) is 0 Å². The van der Waals surface area contributed by atoms with Crippen molar-refractivity contribution >= 4 is 0 Å². The molecule has 18 heavy (non-hydrogen) atoms. The molecule has 1 N–H and O–H groups in total. The van der Waals surface area contributed by atoms with Gasteiger partial charge in [0, 0.05) is 18.7 Å². The third kappa shape index (κ3) is 2.13. The predicted octanol–water partition coefficient (Wildman–Crippen LogP) is 2.67. The maximum Gasteiger partial charge on any atom is 0.124 e. The standard InChI is InChI=1S/C15H21NO2/c1-17-13-7-3-2-6-12(13)14-10-16-11-15(18-14)8-4-5-9-15/h2-3,6-7,14,16H,4-5,8-11H2,1H3. The quantitative estimate of drug-likeness (QED) is 0.871. The molecule has 0 amide bonds. The zero-order chi connectivity index (χ0) is 12.4. The third-order valence-corrected chi connectivity index (χ3v) is 4.17. The van der Waals surface area contributed by atoms with Gasteiger partial charge >= 0.3 is 0 Å². The lowest BCUT2D eigenvalue weighted by Crippen LogP contribution is -2.49. The second-order valence-electron chi connectivity index (χ2n) is 5.37. The Morgan fingerprint density at radius 1 is 1.28 bits per heavy atom. The summed E-state index contributed by atoms with van der Waals surface area (Å²) in [6, 6.07) is 8.18. The van der Waals surface area contributed by atoms with Gasteiger partial charge in [0.25, 0.3) is 0 Å². The Morgan fingerprint density at radius 3 is 2.83 bits per heavy atom. The molecular weight excluding hydrogens is 226 g/mol. The van der Waals surface area contributed by atoms with Crippen LogP contribution < -0.4 is 10.1 Å². The number of methoxy groups -OCH3 is 1. The van der Waals surface area contributed by atoms with E-state index in [0.717, 1.165) is 18.8 Å². The maximum absolute atomic E-state index is 6.42. The first-order valence-electron chi connectivity index (χ1n) is 6.84. The van der Waals surface area contributed by atoms with Crippen LogP contribution in [0, 0.1) is 0 Å². The van der Waals surface area contributed by atoms with Gasteiger partial charge in [-0.15, -0.1) is 0 Å². The number of hydrogen-bond acceptors (Lipinski definition) is 3. The Morgan fingerprint density at radius 2 is 2.06 bits per heavy atom. The molecule has 1 saturated heterocycles. The highest BCUT2D eigenvalue weighted by Crippen LogP contribution is 2.40. The molecule has 98 valence electrons. The van der Waals surface area contributed by atoms with Crippen LogP contribution in [0.3, 0.4) is 0 Å². The van der Waals surface area contributed by atoms with Crippen LogP contribution in [0.1, 0.15) is 37.4 Å². The highest BCUT2D eigenvalue weighted by atomic mass is 16.5. The first-order valence-corrected chi connectivity index (χ1v) is 6.84. The summed E-state index contributed by atoms with van der Waals surface area (Å²) in [6.45, 7) is 1.88. The van der Waals surface area contributed by atoms with Crippen LogP contribution in [-0.2, 0) is 4.74 Å². The number of nitrogens with one attached hydrogen (secondary N) is 1. The van der Waals surface area contributed by atoms with Gasteiger partial charge in [-0.25, -0.2) is 0 Å². The average Bonchev–Trinajstić information content (AvgIpc) is 2.86. The van der Waals surface area contributed by atoms with Crippen molar-refractivity contribution in [3.63, 3.8) is 0 Å². The highest BCUT2D eigenvalue weighted by molar-refractivity contribution is 5.35. The molecule has 1 spiro atoms. The van der Waals surface area contributed by atoms with Crippen molar-refractivity contribution in [3.05, 3.63) is 29.8 Å². The lowest BCUT2D eigenvalue weighted by Gasteiger charge is -2.39. The van der Waals surface area contributed by atoms with Crippen molar-refractivity contribution in [2.75, 3.05) is 20.2 Å². The lowest BCUT2D eigenvalue weighted by molar-refractivity contribution is -0.114. The van der Waals surface area contributed by atoms with E-state index < -0.39 is 0 Å². The summed E-state index contributed by atoms with van der Waals surface area (Å²) in [6.07, 6.45) is 5.07. The van der Waals surface area contributed by atoms with Crippen molar-refractivity contribution in [3.8, 4) is 5.75 Å². The van der Waals surface area contributed by atoms with Crippen LogP contribution in [0.5, 0.6) is 5.75 Å². The van der Waals surface area contributed by atoms with Crippen LogP contribution in [0.2, 0.25) is 0 Å². The second kappa shape index (κ2) is 4.90. The Hall–Kier alpha value is -1.06. The molecule has 1 saturated carbocycles. The van der Waals surface area contributed by atoms with Gasteiger partial charge in [-0.1, -0.05) is 31.0 Å². The van der Waals surface area contributed by atoms with Crippen LogP contribution in [-0.4, -0.2) is 25.8 Å². The van der Waals surface area contributed by atoms with Gasteiger partial charge in [-0.3, -0.25) is 0 Å². The van der Waals surface area contributed by atoms with E-state index in [9.17, 15) is 0 Å². The van der Waals surface area contributed by atoms with Crippen molar-refractivity contribution in [2.24, 2.45) is 0 Å². The normalized spacial score (nSPS) is 26.4. The molecule has 3 heteroatoms. The molecule has 1 unspecified atom stereocenters. The number of ether oxygens (including phenoxy) is 2. The van der Waals surface area contributed by atoms with Crippen LogP contribution in [0.4, 0.5) is 0 Å². The third-order valence-electron chi connectivity index (χ3n) is 4.17. The molecule has 1 aromatic carbocycles. The van der Waals surface area contributed by atoms with E-state index in [1.807, 2.05) is 12.1 Å². The molecule has 0 radical (unpaired) electrons. The van der Waals surface area contributed by atoms with E-state index in [1.165, 1.54) is 31.2 Å². The second-order valence-corrected chi connectivity index (χ2v) is 5.37. The lowest BCUT2D eigenvalue weighted by atomic mass is 9.97. The van der Waals surface area contributed by atoms with E-state index in [2.05, 4.69) is 17.4 Å². The topological polar surface area (TPSA) is 30.5 Å². The van der Waals surface area contributed by atoms with Gasteiger partial charge in [0.1, 0.15) is 5.75 Å². The summed E-state index contributed by atoms with van der Waals surface area (Å²) in [5.41, 5.74) is 1.24. The summed E-state index contributed by atoms with van der Waals surface area (Å²) in [5.74, 6) is 0.930. The monoisotopic (exact) mass is 247 g/mol. The molecule has 1 heterocycles. The van der Waals surface area contributed by atoms with E-state index in [0.29, 0.717) is 0 Å². The van der Waals surface area contributed by atoms with Gasteiger partial charge in [0.2, 0.25) is 0 Å². The molecule has 3 nitrogen and oxygen atoms in total. The number of morpholine rings is 1. The smallest absolute Gasteiger partial charge is 0.124 e. The van der Waals surface area contributed by atoms with E-state index in [-0.39, 0.29) is 11.7 Å². The molecule has 2 fully saturated rings. The summed E-state index contributed by atoms with van der Waals surface area (Å²) in [4.78, 5) is 0. The molecule has 1 aliphatic carbocycles. The van der Waals surface area contributed by atoms with Crippen molar-refractivity contribution < 1.29 is 9.47 Å². The fourth-order valence-corrected chi connectivity index (χ4v) is 3.24. The number of para-hydroxylation sites is 1. The Balaban J connectivity index is 1.83. The van der Waals surface area contributed by atoms with Crippen LogP contribution in [0.25, 0.3) is 0 Å². The van der Waals surface area contributed by atoms with Crippen molar-refractivity contribution in [2.45, 2.75) is 37.4 Å². The Labute approximate surface area is 108 Å². The highest BCUT2D eigenvalue weighted by Gasteiger charge is 2.40. The molecule has 0 bridgehead atoms. The van der Waals surface area contributed by atoms with Gasteiger partial charge in [0.05, 0.1) is 18.8 Å². The minimum atomic E-state index is 0.0732. The molecule has 3 rings (SSSR count). The number of benzene rings is 1. The fourth-order valence-electron chi connectivity index (χ4n) is 3.24. The first kappa shape index (κ1) is 12.0. The average molecular weight is 247 g/mol. The molecule has 1 aliphatic heterocycles. The Kier molecular flexibility index (Phi) is 3.27. The Bertz CT molecular complexity index is 413. The van der Waals surface area contributed by atoms with Crippen molar-refractivity contribution in [1.82, 2.24) is 5.32 Å². The number of rotatable bonds is 2. The minimum absolute atomic E-state index is 0.0732. The SMILES string of the molecule is COc1ccccc1C1CNCC2(CCCC2)O1. The molecular formula is C15H21NO2.